The molecule has 0 radical (unpaired) electrons. The van der Waals surface area contributed by atoms with Gasteiger partial charge in [0.25, 0.3) is 0 Å². The van der Waals surface area contributed by atoms with Crippen LogP contribution in [0, 0.1) is 11.3 Å². The normalized spacial score (nSPS) is 11.5. The molecular weight excluding hydrogens is 170 g/mol. The van der Waals surface area contributed by atoms with Crippen molar-refractivity contribution in [3.63, 3.8) is 0 Å². The van der Waals surface area contributed by atoms with Crippen molar-refractivity contribution in [2.45, 2.75) is 19.8 Å². The van der Waals surface area contributed by atoms with Gasteiger partial charge in [-0.05, 0) is 6.92 Å². The van der Waals surface area contributed by atoms with Crippen molar-refractivity contribution < 1.29 is 15.3 Å². The third-order valence-corrected chi connectivity index (χ3v) is 1.40. The molecule has 0 saturated heterocycles. The molecule has 0 aromatic carbocycles. The number of carbonyl (C=O) groups excluding carboxylic acids is 1. The van der Waals surface area contributed by atoms with Crippen molar-refractivity contribution >= 4 is 5.97 Å². The highest BCUT2D eigenvalue weighted by molar-refractivity contribution is 5.88. The summed E-state index contributed by atoms with van der Waals surface area (Å²) in [5, 5.41) is 8.32. The first-order chi connectivity index (χ1) is 6.13. The van der Waals surface area contributed by atoms with Crippen LogP contribution in [0.4, 0.5) is 0 Å². The molecule has 0 atom stereocenters. The molecule has 0 aromatic rings. The van der Waals surface area contributed by atoms with Crippen molar-refractivity contribution in [3.05, 3.63) is 11.4 Å². The van der Waals surface area contributed by atoms with Crippen LogP contribution in [0.1, 0.15) is 19.8 Å². The van der Waals surface area contributed by atoms with Gasteiger partial charge in [-0.3, -0.25) is 0 Å². The highest BCUT2D eigenvalue weighted by Gasteiger charge is 2.15. The van der Waals surface area contributed by atoms with Crippen LogP contribution < -0.4 is 11.5 Å². The lowest BCUT2D eigenvalue weighted by Crippen LogP contribution is -2.53. The first-order valence-electron chi connectivity index (χ1n) is 3.98. The molecule has 0 aliphatic heterocycles. The number of esters is 1. The highest BCUT2D eigenvalue weighted by Crippen LogP contribution is 2.06. The Balaban J connectivity index is 4.37. The number of nitriles is 1. The van der Waals surface area contributed by atoms with E-state index in [2.05, 4.69) is 5.73 Å². The zero-order chi connectivity index (χ0) is 10.3. The number of carbonyl (C=O) groups is 1. The first-order valence-corrected chi connectivity index (χ1v) is 3.98. The summed E-state index contributed by atoms with van der Waals surface area (Å²) in [6.45, 7) is 2.00. The molecule has 0 aliphatic rings. The maximum absolute atomic E-state index is 11.2. The van der Waals surface area contributed by atoms with Crippen molar-refractivity contribution in [3.8, 4) is 6.07 Å². The largest absolute Gasteiger partial charge is 0.462 e. The zero-order valence-electron chi connectivity index (χ0n) is 7.67. The topological polar surface area (TPSA) is 104 Å². The lowest BCUT2D eigenvalue weighted by Gasteiger charge is -2.03. The molecule has 5 N–H and O–H groups in total. The monoisotopic (exact) mass is 184 g/mol. The Morgan fingerprint density at radius 1 is 1.69 bits per heavy atom. The lowest BCUT2D eigenvalue weighted by atomic mass is 10.1. The van der Waals surface area contributed by atoms with E-state index >= 15 is 0 Å². The summed E-state index contributed by atoms with van der Waals surface area (Å²) < 4.78 is 4.74. The predicted molar refractivity (Wildman–Crippen MR) is 45.6 cm³/mol. The second-order valence-electron chi connectivity index (χ2n) is 2.38. The molecule has 0 fully saturated rings. The SMILES string of the molecule is CCOC(=O)C(CCC#N)=C(N)[NH3+]. The summed E-state index contributed by atoms with van der Waals surface area (Å²) in [5.74, 6) is -0.307. The first kappa shape index (κ1) is 11.5. The minimum Gasteiger partial charge on any atom is -0.462 e. The fourth-order valence-corrected chi connectivity index (χ4v) is 0.793. The Labute approximate surface area is 77.0 Å². The van der Waals surface area contributed by atoms with Crippen molar-refractivity contribution in [2.24, 2.45) is 5.73 Å². The van der Waals surface area contributed by atoms with Crippen LogP contribution >= 0.6 is 0 Å². The quantitative estimate of drug-likeness (QED) is 0.443. The summed E-state index contributed by atoms with van der Waals surface area (Å²) in [4.78, 5) is 11.2. The molecule has 0 aromatic heterocycles. The second kappa shape index (κ2) is 6.03. The van der Waals surface area contributed by atoms with Crippen LogP contribution in [-0.2, 0) is 9.53 Å². The predicted octanol–water partition coefficient (Wildman–Crippen LogP) is -0.735. The Morgan fingerprint density at radius 2 is 2.31 bits per heavy atom. The molecule has 5 heteroatoms. The van der Waals surface area contributed by atoms with Gasteiger partial charge in [0.1, 0.15) is 5.57 Å². The smallest absolute Gasteiger partial charge is 0.341 e. The summed E-state index contributed by atoms with van der Waals surface area (Å²) >= 11 is 0. The summed E-state index contributed by atoms with van der Waals surface area (Å²) in [7, 11) is 0. The minimum atomic E-state index is -0.481. The Kier molecular flexibility index (Phi) is 5.32. The average molecular weight is 184 g/mol. The molecule has 13 heavy (non-hydrogen) atoms. The van der Waals surface area contributed by atoms with Gasteiger partial charge >= 0.3 is 5.97 Å². The number of quaternary nitrogens is 1. The number of hydrogen-bond acceptors (Lipinski definition) is 4. The Morgan fingerprint density at radius 3 is 2.69 bits per heavy atom. The zero-order valence-corrected chi connectivity index (χ0v) is 7.67. The van der Waals surface area contributed by atoms with E-state index in [9.17, 15) is 4.79 Å². The maximum atomic E-state index is 11.2. The van der Waals surface area contributed by atoms with Crippen molar-refractivity contribution in [1.82, 2.24) is 0 Å². The van der Waals surface area contributed by atoms with Gasteiger partial charge in [-0.25, -0.2) is 4.79 Å². The summed E-state index contributed by atoms with van der Waals surface area (Å²) in [5.41, 5.74) is 9.10. The third-order valence-electron chi connectivity index (χ3n) is 1.40. The van der Waals surface area contributed by atoms with Crippen LogP contribution in [0.25, 0.3) is 0 Å². The molecule has 0 heterocycles. The number of rotatable bonds is 4. The molecule has 72 valence electrons. The number of nitrogens with two attached hydrogens (primary N) is 1. The van der Waals surface area contributed by atoms with Gasteiger partial charge < -0.3 is 16.2 Å². The molecule has 0 spiro atoms. The van der Waals surface area contributed by atoms with E-state index in [-0.39, 0.29) is 12.2 Å². The molecule has 0 saturated carbocycles. The molecule has 0 bridgehead atoms. The molecule has 5 nitrogen and oxygen atoms in total. The Bertz CT molecular complexity index is 249. The van der Waals surface area contributed by atoms with Gasteiger partial charge in [-0.2, -0.15) is 5.26 Å². The molecule has 0 unspecified atom stereocenters. The van der Waals surface area contributed by atoms with Gasteiger partial charge in [0, 0.05) is 12.8 Å². The van der Waals surface area contributed by atoms with Crippen molar-refractivity contribution in [1.29, 1.82) is 5.26 Å². The van der Waals surface area contributed by atoms with Gasteiger partial charge in [0.15, 0.2) is 0 Å². The minimum absolute atomic E-state index is 0.175. The lowest BCUT2D eigenvalue weighted by molar-refractivity contribution is -0.306. The van der Waals surface area contributed by atoms with E-state index in [1.807, 2.05) is 6.07 Å². The number of hydrogen-bond donors (Lipinski definition) is 2. The van der Waals surface area contributed by atoms with E-state index in [1.165, 1.54) is 0 Å². The van der Waals surface area contributed by atoms with Crippen LogP contribution in [0.5, 0.6) is 0 Å². The van der Waals surface area contributed by atoms with Crippen LogP contribution in [0.15, 0.2) is 11.4 Å². The number of nitrogens with zero attached hydrogens (tertiary/aromatic N) is 1. The van der Waals surface area contributed by atoms with Crippen molar-refractivity contribution in [2.75, 3.05) is 6.61 Å². The standard InChI is InChI=1S/C8H13N3O2/c1-2-13-8(12)6(7(10)11)4-3-5-9/h2-4,10-11H2,1H3/p+1. The van der Waals surface area contributed by atoms with Gasteiger partial charge in [0.2, 0.25) is 5.82 Å². The fourth-order valence-electron chi connectivity index (χ4n) is 0.793. The molecule has 0 rings (SSSR count). The molecule has 0 amide bonds. The van der Waals surface area contributed by atoms with Crippen LogP contribution in [0.3, 0.4) is 0 Å². The molecule has 0 aliphatic carbocycles. The van der Waals surface area contributed by atoms with Gasteiger partial charge in [0.05, 0.1) is 12.7 Å². The van der Waals surface area contributed by atoms with Gasteiger partial charge in [-0.1, -0.05) is 0 Å². The summed E-state index contributed by atoms with van der Waals surface area (Å²) in [6, 6.07) is 1.92. The average Bonchev–Trinajstić information content (AvgIpc) is 2.05. The van der Waals surface area contributed by atoms with Crippen LogP contribution in [-0.4, -0.2) is 12.6 Å². The van der Waals surface area contributed by atoms with E-state index < -0.39 is 5.97 Å². The maximum Gasteiger partial charge on any atom is 0.341 e. The highest BCUT2D eigenvalue weighted by atomic mass is 16.5. The fraction of sp³-hybridized carbons (Fsp3) is 0.500. The second-order valence-corrected chi connectivity index (χ2v) is 2.38. The van der Waals surface area contributed by atoms with E-state index in [0.29, 0.717) is 18.6 Å². The van der Waals surface area contributed by atoms with E-state index in [0.717, 1.165) is 0 Å². The number of ether oxygens (including phenoxy) is 1. The Hall–Kier alpha value is -1.54. The third kappa shape index (κ3) is 4.13. The van der Waals surface area contributed by atoms with Gasteiger partial charge in [-0.15, -0.1) is 0 Å². The van der Waals surface area contributed by atoms with E-state index in [1.54, 1.807) is 6.92 Å². The van der Waals surface area contributed by atoms with E-state index in [4.69, 9.17) is 15.7 Å². The summed E-state index contributed by atoms with van der Waals surface area (Å²) in [6.07, 6.45) is 0.537. The molecular formula is C8H14N3O2+. The van der Waals surface area contributed by atoms with Crippen LogP contribution in [0.2, 0.25) is 0 Å².